The van der Waals surface area contributed by atoms with E-state index < -0.39 is 5.97 Å². The number of hydrogen-bond acceptors (Lipinski definition) is 3. The van der Waals surface area contributed by atoms with Crippen LogP contribution in [0.1, 0.15) is 38.9 Å². The van der Waals surface area contributed by atoms with Gasteiger partial charge in [0, 0.05) is 39.4 Å². The summed E-state index contributed by atoms with van der Waals surface area (Å²) in [5, 5.41) is 9.31. The first-order chi connectivity index (χ1) is 12.8. The molecule has 1 amide bonds. The third-order valence-corrected chi connectivity index (χ3v) is 5.59. The lowest BCUT2D eigenvalue weighted by Gasteiger charge is -2.38. The van der Waals surface area contributed by atoms with Gasteiger partial charge in [0.15, 0.2) is 0 Å². The zero-order valence-corrected chi connectivity index (χ0v) is 16.4. The number of para-hydroxylation sites is 2. The second-order valence-electron chi connectivity index (χ2n) is 8.12. The molecule has 2 heterocycles. The number of hydrogen-bond donors (Lipinski definition) is 1. The Hall–Kier alpha value is -2.37. The van der Waals surface area contributed by atoms with E-state index in [0.717, 1.165) is 23.3 Å². The number of imidazole rings is 1. The van der Waals surface area contributed by atoms with Crippen molar-refractivity contribution in [2.75, 3.05) is 13.1 Å². The van der Waals surface area contributed by atoms with Gasteiger partial charge in [-0.3, -0.25) is 9.59 Å². The summed E-state index contributed by atoms with van der Waals surface area (Å²) >= 11 is 0. The highest BCUT2D eigenvalue weighted by Crippen LogP contribution is 2.30. The first-order valence-electron chi connectivity index (χ1n) is 9.75. The number of aromatic nitrogens is 2. The molecule has 0 unspecified atom stereocenters. The second-order valence-corrected chi connectivity index (χ2v) is 8.12. The minimum Gasteiger partial charge on any atom is -0.481 e. The second kappa shape index (κ2) is 8.11. The Morgan fingerprint density at radius 1 is 1.26 bits per heavy atom. The molecule has 0 radical (unpaired) electrons. The van der Waals surface area contributed by atoms with Crippen molar-refractivity contribution < 1.29 is 14.7 Å². The van der Waals surface area contributed by atoms with Crippen LogP contribution in [0, 0.1) is 17.8 Å². The number of aliphatic carboxylic acids is 1. The Kier molecular flexibility index (Phi) is 5.82. The van der Waals surface area contributed by atoms with Crippen LogP contribution in [0.15, 0.2) is 24.3 Å². The Morgan fingerprint density at radius 3 is 2.67 bits per heavy atom. The number of fused-ring (bicyclic) bond motifs is 1. The average molecular weight is 371 g/mol. The van der Waals surface area contributed by atoms with Crippen LogP contribution in [0.4, 0.5) is 0 Å². The molecule has 1 aliphatic rings. The van der Waals surface area contributed by atoms with Crippen molar-refractivity contribution in [3.8, 4) is 0 Å². The maximum absolute atomic E-state index is 12.5. The van der Waals surface area contributed by atoms with E-state index in [1.807, 2.05) is 50.1 Å². The lowest BCUT2D eigenvalue weighted by atomic mass is 9.80. The van der Waals surface area contributed by atoms with Crippen LogP contribution < -0.4 is 0 Å². The first kappa shape index (κ1) is 19.4. The van der Waals surface area contributed by atoms with E-state index in [1.165, 1.54) is 0 Å². The van der Waals surface area contributed by atoms with Gasteiger partial charge in [-0.25, -0.2) is 4.98 Å². The molecule has 0 spiro atoms. The van der Waals surface area contributed by atoms with Crippen LogP contribution in [-0.2, 0) is 23.1 Å². The molecule has 0 saturated carbocycles. The van der Waals surface area contributed by atoms with Crippen LogP contribution in [0.25, 0.3) is 11.0 Å². The van der Waals surface area contributed by atoms with Crippen molar-refractivity contribution >= 4 is 22.9 Å². The first-order valence-corrected chi connectivity index (χ1v) is 9.75. The van der Waals surface area contributed by atoms with E-state index >= 15 is 0 Å². The maximum atomic E-state index is 12.5. The van der Waals surface area contributed by atoms with Gasteiger partial charge in [0.1, 0.15) is 5.82 Å². The number of piperidine rings is 1. The summed E-state index contributed by atoms with van der Waals surface area (Å²) in [6.45, 7) is 5.37. The van der Waals surface area contributed by atoms with Crippen LogP contribution in [0.3, 0.4) is 0 Å². The largest absolute Gasteiger partial charge is 0.481 e. The van der Waals surface area contributed by atoms with E-state index in [-0.39, 0.29) is 24.2 Å². The number of aryl methyl sites for hydroxylation is 1. The zero-order valence-electron chi connectivity index (χ0n) is 16.4. The molecule has 0 bridgehead atoms. The number of amides is 1. The molecule has 3 rings (SSSR count). The fourth-order valence-electron chi connectivity index (χ4n) is 4.12. The Morgan fingerprint density at radius 2 is 2.00 bits per heavy atom. The van der Waals surface area contributed by atoms with Crippen molar-refractivity contribution in [1.82, 2.24) is 14.5 Å². The minimum atomic E-state index is -0.767. The highest BCUT2D eigenvalue weighted by molar-refractivity contribution is 5.77. The van der Waals surface area contributed by atoms with Gasteiger partial charge < -0.3 is 14.6 Å². The summed E-state index contributed by atoms with van der Waals surface area (Å²) in [6, 6.07) is 8.00. The molecule has 27 heavy (non-hydrogen) atoms. The minimum absolute atomic E-state index is 0.0745. The van der Waals surface area contributed by atoms with Gasteiger partial charge in [-0.2, -0.15) is 0 Å². The third-order valence-electron chi connectivity index (χ3n) is 5.59. The van der Waals surface area contributed by atoms with E-state index in [9.17, 15) is 14.7 Å². The SMILES string of the molecule is CC(C)CC(=O)N1CC[C@@H](CC(=O)O)[C@@H](Cc2nc3ccccc3n2C)C1. The van der Waals surface area contributed by atoms with Gasteiger partial charge in [-0.15, -0.1) is 0 Å². The lowest BCUT2D eigenvalue weighted by Crippen LogP contribution is -2.45. The summed E-state index contributed by atoms with van der Waals surface area (Å²) in [4.78, 5) is 30.5. The van der Waals surface area contributed by atoms with Crippen LogP contribution in [0.2, 0.25) is 0 Å². The van der Waals surface area contributed by atoms with Gasteiger partial charge in [0.2, 0.25) is 5.91 Å². The van der Waals surface area contributed by atoms with Crippen LogP contribution in [0.5, 0.6) is 0 Å². The Labute approximate surface area is 160 Å². The summed E-state index contributed by atoms with van der Waals surface area (Å²) in [6.07, 6.45) is 2.13. The third kappa shape index (κ3) is 4.49. The molecule has 146 valence electrons. The normalized spacial score (nSPS) is 20.4. The fourth-order valence-corrected chi connectivity index (χ4v) is 4.12. The van der Waals surface area contributed by atoms with E-state index in [1.54, 1.807) is 0 Å². The highest BCUT2D eigenvalue weighted by atomic mass is 16.4. The van der Waals surface area contributed by atoms with Gasteiger partial charge in [0.25, 0.3) is 0 Å². The summed E-state index contributed by atoms with van der Waals surface area (Å²) in [7, 11) is 2.00. The molecule has 2 atom stereocenters. The van der Waals surface area contributed by atoms with Crippen molar-refractivity contribution in [3.05, 3.63) is 30.1 Å². The average Bonchev–Trinajstić information content (AvgIpc) is 2.91. The van der Waals surface area contributed by atoms with E-state index in [2.05, 4.69) is 4.57 Å². The maximum Gasteiger partial charge on any atom is 0.303 e. The number of nitrogens with zero attached hydrogens (tertiary/aromatic N) is 3. The number of likely N-dealkylation sites (tertiary alicyclic amines) is 1. The number of carbonyl (C=O) groups excluding carboxylic acids is 1. The van der Waals surface area contributed by atoms with Crippen molar-refractivity contribution in [2.45, 2.75) is 39.5 Å². The van der Waals surface area contributed by atoms with Crippen molar-refractivity contribution in [3.63, 3.8) is 0 Å². The topological polar surface area (TPSA) is 75.4 Å². The smallest absolute Gasteiger partial charge is 0.303 e. The van der Waals surface area contributed by atoms with Crippen LogP contribution in [-0.4, -0.2) is 44.5 Å². The van der Waals surface area contributed by atoms with E-state index in [0.29, 0.717) is 31.8 Å². The predicted molar refractivity (Wildman–Crippen MR) is 104 cm³/mol. The van der Waals surface area contributed by atoms with Crippen LogP contribution >= 0.6 is 0 Å². The number of carboxylic acids is 1. The standard InChI is InChI=1S/C21H29N3O3/c1-14(2)10-20(25)24-9-8-15(12-21(26)27)16(13-24)11-19-22-17-6-4-5-7-18(17)23(19)3/h4-7,14-16H,8-13H2,1-3H3,(H,26,27)/t15-,16-/m0/s1. The molecule has 2 aromatic rings. The summed E-state index contributed by atoms with van der Waals surface area (Å²) < 4.78 is 2.09. The fraction of sp³-hybridized carbons (Fsp3) is 0.571. The van der Waals surface area contributed by atoms with Gasteiger partial charge in [-0.05, 0) is 36.3 Å². The molecule has 1 saturated heterocycles. The van der Waals surface area contributed by atoms with Gasteiger partial charge in [0.05, 0.1) is 11.0 Å². The predicted octanol–water partition coefficient (Wildman–Crippen LogP) is 3.10. The molecule has 1 aliphatic heterocycles. The Balaban J connectivity index is 1.81. The van der Waals surface area contributed by atoms with Crippen molar-refractivity contribution in [2.24, 2.45) is 24.8 Å². The zero-order chi connectivity index (χ0) is 19.6. The molecule has 0 aliphatic carbocycles. The number of carboxylic acid groups (broad SMARTS) is 1. The molecule has 6 nitrogen and oxygen atoms in total. The van der Waals surface area contributed by atoms with Gasteiger partial charge >= 0.3 is 5.97 Å². The van der Waals surface area contributed by atoms with Crippen molar-refractivity contribution in [1.29, 1.82) is 0 Å². The quantitative estimate of drug-likeness (QED) is 0.847. The molecule has 1 aromatic heterocycles. The lowest BCUT2D eigenvalue weighted by molar-refractivity contribution is -0.140. The monoisotopic (exact) mass is 371 g/mol. The van der Waals surface area contributed by atoms with Gasteiger partial charge in [-0.1, -0.05) is 26.0 Å². The number of rotatable bonds is 6. The molecular weight excluding hydrogens is 342 g/mol. The molecule has 1 aromatic carbocycles. The molecule has 1 N–H and O–H groups in total. The number of carbonyl (C=O) groups is 2. The summed E-state index contributed by atoms with van der Waals surface area (Å²) in [5.41, 5.74) is 2.03. The number of benzene rings is 1. The summed E-state index contributed by atoms with van der Waals surface area (Å²) in [5.74, 6) is 0.875. The Bertz CT molecular complexity index is 827. The molecular formula is C21H29N3O3. The van der Waals surface area contributed by atoms with E-state index in [4.69, 9.17) is 4.98 Å². The molecule has 6 heteroatoms. The highest BCUT2D eigenvalue weighted by Gasteiger charge is 2.33. The molecule has 1 fully saturated rings.